The molecule has 2 rings (SSSR count). The number of aromatic amines is 1. The Labute approximate surface area is 90.5 Å². The molecule has 2 heterocycles. The van der Waals surface area contributed by atoms with Crippen molar-refractivity contribution in [2.75, 3.05) is 0 Å². The van der Waals surface area contributed by atoms with Gasteiger partial charge in [0.25, 0.3) is 5.89 Å². The summed E-state index contributed by atoms with van der Waals surface area (Å²) in [6.07, 6.45) is 1.80. The lowest BCUT2D eigenvalue weighted by molar-refractivity contribution is -0.137. The van der Waals surface area contributed by atoms with Crippen molar-refractivity contribution in [3.05, 3.63) is 17.8 Å². The number of carbonyl (C=O) groups is 1. The maximum absolute atomic E-state index is 10.4. The molecule has 7 nitrogen and oxygen atoms in total. The average Bonchev–Trinajstić information content (AvgIpc) is 2.83. The number of carboxylic acids is 1. The van der Waals surface area contributed by atoms with Crippen molar-refractivity contribution >= 4 is 5.97 Å². The van der Waals surface area contributed by atoms with Crippen molar-refractivity contribution in [1.82, 2.24) is 20.4 Å². The van der Waals surface area contributed by atoms with Crippen molar-refractivity contribution in [2.45, 2.75) is 19.8 Å². The molecule has 0 aliphatic carbocycles. The van der Waals surface area contributed by atoms with Gasteiger partial charge in [0.05, 0.1) is 18.2 Å². The molecular weight excluding hydrogens is 212 g/mol. The number of carboxylic acid groups (broad SMARTS) is 1. The van der Waals surface area contributed by atoms with Gasteiger partial charge in [0.15, 0.2) is 0 Å². The van der Waals surface area contributed by atoms with Crippen LogP contribution in [0.25, 0.3) is 11.5 Å². The largest absolute Gasteiger partial charge is 0.481 e. The van der Waals surface area contributed by atoms with Crippen LogP contribution in [0.3, 0.4) is 0 Å². The third-order valence-electron chi connectivity index (χ3n) is 2.08. The van der Waals surface area contributed by atoms with Gasteiger partial charge in [0.1, 0.15) is 0 Å². The lowest BCUT2D eigenvalue weighted by Gasteiger charge is -1.90. The molecule has 0 aliphatic heterocycles. The van der Waals surface area contributed by atoms with Crippen molar-refractivity contribution in [3.63, 3.8) is 0 Å². The third kappa shape index (κ3) is 2.08. The molecule has 0 aromatic carbocycles. The van der Waals surface area contributed by atoms with Crippen molar-refractivity contribution in [1.29, 1.82) is 0 Å². The van der Waals surface area contributed by atoms with Gasteiger partial charge < -0.3 is 9.52 Å². The van der Waals surface area contributed by atoms with Gasteiger partial charge in [-0.25, -0.2) is 0 Å². The van der Waals surface area contributed by atoms with Gasteiger partial charge in [0, 0.05) is 12.1 Å². The molecular formula is C9H10N4O3. The normalized spacial score (nSPS) is 10.6. The van der Waals surface area contributed by atoms with Crippen LogP contribution in [0.5, 0.6) is 0 Å². The molecule has 0 spiro atoms. The first kappa shape index (κ1) is 10.3. The minimum absolute atomic E-state index is 0.0218. The molecule has 2 aromatic rings. The molecule has 0 saturated heterocycles. The van der Waals surface area contributed by atoms with Crippen LogP contribution in [0, 0.1) is 6.92 Å². The quantitative estimate of drug-likeness (QED) is 0.792. The summed E-state index contributed by atoms with van der Waals surface area (Å²) < 4.78 is 5.31. The smallest absolute Gasteiger partial charge is 0.303 e. The number of H-pyrrole nitrogens is 1. The summed E-state index contributed by atoms with van der Waals surface area (Å²) in [6, 6.07) is 0. The molecule has 16 heavy (non-hydrogen) atoms. The Morgan fingerprint density at radius 3 is 3.00 bits per heavy atom. The molecule has 0 saturated carbocycles. The fraction of sp³-hybridized carbons (Fsp3) is 0.333. The number of nitrogens with zero attached hydrogens (tertiary/aromatic N) is 3. The first-order valence-electron chi connectivity index (χ1n) is 4.71. The van der Waals surface area contributed by atoms with Gasteiger partial charge in [-0.3, -0.25) is 9.89 Å². The summed E-state index contributed by atoms with van der Waals surface area (Å²) in [5.41, 5.74) is 1.56. The zero-order chi connectivity index (χ0) is 11.5. The molecule has 0 atom stereocenters. The van der Waals surface area contributed by atoms with Crippen LogP contribution in [0.1, 0.15) is 18.0 Å². The summed E-state index contributed by atoms with van der Waals surface area (Å²) in [5, 5.41) is 22.7. The molecule has 7 heteroatoms. The number of aromatic nitrogens is 4. The highest BCUT2D eigenvalue weighted by molar-refractivity contribution is 5.66. The zero-order valence-electron chi connectivity index (χ0n) is 8.60. The van der Waals surface area contributed by atoms with Crippen LogP contribution in [0.4, 0.5) is 0 Å². The van der Waals surface area contributed by atoms with E-state index >= 15 is 0 Å². The zero-order valence-corrected chi connectivity index (χ0v) is 8.60. The minimum atomic E-state index is -0.890. The fourth-order valence-corrected chi connectivity index (χ4v) is 1.24. The summed E-state index contributed by atoms with van der Waals surface area (Å²) in [7, 11) is 0. The Kier molecular flexibility index (Phi) is 2.67. The van der Waals surface area contributed by atoms with E-state index in [-0.39, 0.29) is 12.8 Å². The second-order valence-corrected chi connectivity index (χ2v) is 3.30. The van der Waals surface area contributed by atoms with Gasteiger partial charge in [-0.05, 0) is 6.92 Å². The van der Waals surface area contributed by atoms with E-state index in [1.165, 1.54) is 0 Å². The first-order valence-corrected chi connectivity index (χ1v) is 4.71. The van der Waals surface area contributed by atoms with E-state index in [1.807, 2.05) is 6.92 Å². The first-order chi connectivity index (χ1) is 7.66. The number of hydrogen-bond donors (Lipinski definition) is 2. The molecule has 0 radical (unpaired) electrons. The summed E-state index contributed by atoms with van der Waals surface area (Å²) in [5.74, 6) is -0.219. The van der Waals surface area contributed by atoms with E-state index in [4.69, 9.17) is 9.52 Å². The van der Waals surface area contributed by atoms with E-state index in [0.29, 0.717) is 11.8 Å². The maximum Gasteiger partial charge on any atom is 0.303 e. The van der Waals surface area contributed by atoms with Gasteiger partial charge >= 0.3 is 5.97 Å². The highest BCUT2D eigenvalue weighted by Crippen LogP contribution is 2.19. The number of nitrogens with one attached hydrogen (secondary N) is 1. The fourth-order valence-electron chi connectivity index (χ4n) is 1.24. The van der Waals surface area contributed by atoms with E-state index in [2.05, 4.69) is 20.4 Å². The van der Waals surface area contributed by atoms with Gasteiger partial charge in [-0.1, -0.05) is 0 Å². The topological polar surface area (TPSA) is 105 Å². The molecule has 84 valence electrons. The Bertz CT molecular complexity index is 502. The van der Waals surface area contributed by atoms with E-state index in [9.17, 15) is 4.79 Å². The lowest BCUT2D eigenvalue weighted by Crippen LogP contribution is -1.97. The van der Waals surface area contributed by atoms with Crippen LogP contribution in [-0.2, 0) is 11.2 Å². The monoisotopic (exact) mass is 222 g/mol. The Balaban J connectivity index is 2.14. The van der Waals surface area contributed by atoms with Crippen LogP contribution < -0.4 is 0 Å². The number of aliphatic carboxylic acids is 1. The molecule has 0 bridgehead atoms. The predicted octanol–water partition coefficient (Wildman–Crippen LogP) is 0.785. The molecule has 0 unspecified atom stereocenters. The lowest BCUT2D eigenvalue weighted by atomic mass is 10.3. The highest BCUT2D eigenvalue weighted by atomic mass is 16.4. The maximum atomic E-state index is 10.4. The summed E-state index contributed by atoms with van der Waals surface area (Å²) in [6.45, 7) is 1.84. The Morgan fingerprint density at radius 1 is 1.56 bits per heavy atom. The molecule has 0 amide bonds. The van der Waals surface area contributed by atoms with Crippen LogP contribution in [0.2, 0.25) is 0 Å². The van der Waals surface area contributed by atoms with E-state index < -0.39 is 5.97 Å². The average molecular weight is 222 g/mol. The van der Waals surface area contributed by atoms with Crippen molar-refractivity contribution < 1.29 is 14.3 Å². The van der Waals surface area contributed by atoms with Gasteiger partial charge in [-0.15, -0.1) is 10.2 Å². The van der Waals surface area contributed by atoms with Crippen LogP contribution in [0.15, 0.2) is 10.6 Å². The van der Waals surface area contributed by atoms with Gasteiger partial charge in [0.2, 0.25) is 5.89 Å². The molecule has 0 aliphatic rings. The van der Waals surface area contributed by atoms with Gasteiger partial charge in [-0.2, -0.15) is 5.10 Å². The van der Waals surface area contributed by atoms with Crippen LogP contribution in [-0.4, -0.2) is 31.5 Å². The number of rotatable bonds is 4. The SMILES string of the molecule is Cc1[nH]ncc1-c1nnc(CCC(=O)O)o1. The second kappa shape index (κ2) is 4.13. The van der Waals surface area contributed by atoms with Crippen LogP contribution >= 0.6 is 0 Å². The Morgan fingerprint density at radius 2 is 2.38 bits per heavy atom. The summed E-state index contributed by atoms with van der Waals surface area (Å²) in [4.78, 5) is 10.4. The van der Waals surface area contributed by atoms with E-state index in [1.54, 1.807) is 6.20 Å². The van der Waals surface area contributed by atoms with E-state index in [0.717, 1.165) is 11.3 Å². The second-order valence-electron chi connectivity index (χ2n) is 3.30. The number of hydrogen-bond acceptors (Lipinski definition) is 5. The third-order valence-corrected chi connectivity index (χ3v) is 2.08. The molecule has 2 aromatic heterocycles. The predicted molar refractivity (Wildman–Crippen MR) is 52.6 cm³/mol. The summed E-state index contributed by atoms with van der Waals surface area (Å²) >= 11 is 0. The molecule has 2 N–H and O–H groups in total. The van der Waals surface area contributed by atoms with Crippen molar-refractivity contribution in [2.24, 2.45) is 0 Å². The van der Waals surface area contributed by atoms with Crippen molar-refractivity contribution in [3.8, 4) is 11.5 Å². The number of aryl methyl sites for hydroxylation is 2. The Hall–Kier alpha value is -2.18. The highest BCUT2D eigenvalue weighted by Gasteiger charge is 2.12. The molecule has 0 fully saturated rings. The minimum Gasteiger partial charge on any atom is -0.481 e. The standard InChI is InChI=1S/C9H10N4O3/c1-5-6(4-10-11-5)9-13-12-7(16-9)2-3-8(14)15/h4H,2-3H2,1H3,(H,10,11)(H,14,15).